The maximum atomic E-state index is 14.0. The molecular formula is C26H26N4O. The number of carbonyl (C=O) groups excluding carboxylic acids is 1. The maximum Gasteiger partial charge on any atom is 0.186 e. The molecule has 156 valence electrons. The zero-order chi connectivity index (χ0) is 21.2. The lowest BCUT2D eigenvalue weighted by Crippen LogP contribution is -2.49. The number of fused-ring (bicyclic) bond motifs is 1. The van der Waals surface area contributed by atoms with Gasteiger partial charge >= 0.3 is 0 Å². The highest BCUT2D eigenvalue weighted by Gasteiger charge is 2.33. The third-order valence-electron chi connectivity index (χ3n) is 6.16. The Morgan fingerprint density at radius 2 is 1.61 bits per heavy atom. The van der Waals surface area contributed by atoms with Crippen LogP contribution in [0.1, 0.15) is 27.7 Å². The third-order valence-corrected chi connectivity index (χ3v) is 6.16. The molecule has 0 amide bonds. The number of aromatic nitrogens is 2. The molecule has 1 fully saturated rings. The molecule has 5 nitrogen and oxygen atoms in total. The molecule has 31 heavy (non-hydrogen) atoms. The highest BCUT2D eigenvalue weighted by Crippen LogP contribution is 2.32. The maximum absolute atomic E-state index is 14.0. The van der Waals surface area contributed by atoms with Crippen LogP contribution in [-0.2, 0) is 0 Å². The van der Waals surface area contributed by atoms with Gasteiger partial charge in [0.05, 0.1) is 6.04 Å². The topological polar surface area (TPSA) is 52.2 Å². The van der Waals surface area contributed by atoms with Gasteiger partial charge in [-0.25, -0.2) is 4.98 Å². The van der Waals surface area contributed by atoms with Crippen molar-refractivity contribution in [1.82, 2.24) is 14.9 Å². The van der Waals surface area contributed by atoms with Gasteiger partial charge in [0, 0.05) is 54.5 Å². The van der Waals surface area contributed by atoms with Gasteiger partial charge in [0.15, 0.2) is 5.78 Å². The van der Waals surface area contributed by atoms with Gasteiger partial charge in [0.2, 0.25) is 0 Å². The van der Waals surface area contributed by atoms with E-state index in [2.05, 4.69) is 31.9 Å². The number of aryl methyl sites for hydroxylation is 1. The van der Waals surface area contributed by atoms with Crippen molar-refractivity contribution in [1.29, 1.82) is 0 Å². The van der Waals surface area contributed by atoms with Crippen LogP contribution in [0.15, 0.2) is 79.0 Å². The van der Waals surface area contributed by atoms with E-state index in [0.717, 1.165) is 59.7 Å². The van der Waals surface area contributed by atoms with Crippen LogP contribution in [0.2, 0.25) is 0 Å². The van der Waals surface area contributed by atoms with Crippen molar-refractivity contribution in [3.63, 3.8) is 0 Å². The van der Waals surface area contributed by atoms with Crippen LogP contribution in [0.5, 0.6) is 0 Å². The Labute approximate surface area is 182 Å². The standard InChI is InChI=1S/C26H26N4O/c1-19-24(21-11-5-6-12-22(21)28-19)26(31)25(20-9-3-2-4-10-20)30-17-15-29(16-18-30)23-13-7-8-14-27-23/h2-14,25,28H,15-18H2,1H3/t25-/m0/s1. The number of hydrogen-bond acceptors (Lipinski definition) is 4. The second-order valence-corrected chi connectivity index (χ2v) is 8.06. The first kappa shape index (κ1) is 19.5. The summed E-state index contributed by atoms with van der Waals surface area (Å²) in [5.74, 6) is 1.16. The molecule has 0 radical (unpaired) electrons. The molecular weight excluding hydrogens is 384 g/mol. The Morgan fingerprint density at radius 3 is 2.35 bits per heavy atom. The summed E-state index contributed by atoms with van der Waals surface area (Å²) >= 11 is 0. The van der Waals surface area contributed by atoms with Crippen molar-refractivity contribution < 1.29 is 4.79 Å². The van der Waals surface area contributed by atoms with Gasteiger partial charge in [-0.05, 0) is 30.7 Å². The smallest absolute Gasteiger partial charge is 0.186 e. The van der Waals surface area contributed by atoms with Crippen LogP contribution in [0.3, 0.4) is 0 Å². The molecule has 4 aromatic rings. The molecule has 3 heterocycles. The van der Waals surface area contributed by atoms with Gasteiger partial charge in [-0.1, -0.05) is 54.6 Å². The molecule has 2 aromatic heterocycles. The minimum Gasteiger partial charge on any atom is -0.358 e. The fraction of sp³-hybridized carbons (Fsp3) is 0.231. The SMILES string of the molecule is Cc1[nH]c2ccccc2c1C(=O)[C@H](c1ccccc1)N1CCN(c2ccccn2)CC1. The predicted octanol–water partition coefficient (Wildman–Crippen LogP) is 4.62. The number of nitrogens with one attached hydrogen (secondary N) is 1. The number of Topliss-reactive ketones (excluding diaryl/α,β-unsaturated/α-hetero) is 1. The zero-order valence-electron chi connectivity index (χ0n) is 17.7. The summed E-state index contributed by atoms with van der Waals surface area (Å²) in [6.07, 6.45) is 1.83. The van der Waals surface area contributed by atoms with E-state index < -0.39 is 0 Å². The highest BCUT2D eigenvalue weighted by atomic mass is 16.1. The molecule has 1 aliphatic rings. The number of benzene rings is 2. The minimum atomic E-state index is -0.301. The molecule has 1 atom stereocenters. The number of para-hydroxylation sites is 1. The lowest BCUT2D eigenvalue weighted by atomic mass is 9.93. The summed E-state index contributed by atoms with van der Waals surface area (Å²) in [5, 5.41) is 0.998. The van der Waals surface area contributed by atoms with E-state index >= 15 is 0 Å². The normalized spacial score (nSPS) is 15.8. The van der Waals surface area contributed by atoms with Gasteiger partial charge in [-0.3, -0.25) is 9.69 Å². The first-order valence-corrected chi connectivity index (χ1v) is 10.8. The zero-order valence-corrected chi connectivity index (χ0v) is 17.7. The van der Waals surface area contributed by atoms with E-state index in [0.29, 0.717) is 0 Å². The number of carbonyl (C=O) groups is 1. The van der Waals surface area contributed by atoms with E-state index in [1.165, 1.54) is 0 Å². The van der Waals surface area contributed by atoms with Crippen molar-refractivity contribution in [2.75, 3.05) is 31.1 Å². The predicted molar refractivity (Wildman–Crippen MR) is 125 cm³/mol. The number of hydrogen-bond donors (Lipinski definition) is 1. The Morgan fingerprint density at radius 1 is 0.903 bits per heavy atom. The quantitative estimate of drug-likeness (QED) is 0.488. The van der Waals surface area contributed by atoms with E-state index in [9.17, 15) is 4.79 Å². The summed E-state index contributed by atoms with van der Waals surface area (Å²) in [4.78, 5) is 26.5. The Hall–Kier alpha value is -3.44. The van der Waals surface area contributed by atoms with E-state index in [-0.39, 0.29) is 11.8 Å². The molecule has 0 aliphatic carbocycles. The molecule has 0 unspecified atom stereocenters. The Bertz CT molecular complexity index is 1180. The molecule has 0 bridgehead atoms. The highest BCUT2D eigenvalue weighted by molar-refractivity contribution is 6.11. The third kappa shape index (κ3) is 3.73. The number of piperazine rings is 1. The van der Waals surface area contributed by atoms with E-state index in [1.807, 2.05) is 73.8 Å². The number of pyridine rings is 1. The summed E-state index contributed by atoms with van der Waals surface area (Å²) in [6, 6.07) is 23.9. The van der Waals surface area contributed by atoms with Gasteiger partial charge in [0.1, 0.15) is 5.82 Å². The lowest BCUT2D eigenvalue weighted by Gasteiger charge is -2.39. The largest absolute Gasteiger partial charge is 0.358 e. The van der Waals surface area contributed by atoms with Gasteiger partial charge in [-0.15, -0.1) is 0 Å². The molecule has 1 N–H and O–H groups in total. The van der Waals surface area contributed by atoms with Crippen LogP contribution in [-0.4, -0.2) is 46.8 Å². The summed E-state index contributed by atoms with van der Waals surface area (Å²) in [7, 11) is 0. The second kappa shape index (κ2) is 8.36. The molecule has 2 aromatic carbocycles. The van der Waals surface area contributed by atoms with Crippen molar-refractivity contribution in [2.24, 2.45) is 0 Å². The molecule has 0 saturated carbocycles. The number of aromatic amines is 1. The molecule has 1 aliphatic heterocycles. The number of rotatable bonds is 5. The number of nitrogens with zero attached hydrogens (tertiary/aromatic N) is 3. The minimum absolute atomic E-state index is 0.160. The Kier molecular flexibility index (Phi) is 5.26. The van der Waals surface area contributed by atoms with Crippen LogP contribution < -0.4 is 4.90 Å². The summed E-state index contributed by atoms with van der Waals surface area (Å²) < 4.78 is 0. The van der Waals surface area contributed by atoms with E-state index in [4.69, 9.17) is 0 Å². The number of ketones is 1. The van der Waals surface area contributed by atoms with Gasteiger partial charge < -0.3 is 9.88 Å². The van der Waals surface area contributed by atoms with Crippen LogP contribution in [0.4, 0.5) is 5.82 Å². The van der Waals surface area contributed by atoms with Crippen molar-refractivity contribution >= 4 is 22.5 Å². The lowest BCUT2D eigenvalue weighted by molar-refractivity contribution is 0.0807. The number of H-pyrrole nitrogens is 1. The average molecular weight is 411 g/mol. The van der Waals surface area contributed by atoms with Crippen LogP contribution in [0, 0.1) is 6.92 Å². The average Bonchev–Trinajstić information content (AvgIpc) is 3.16. The molecule has 0 spiro atoms. The van der Waals surface area contributed by atoms with Crippen LogP contribution >= 0.6 is 0 Å². The first-order valence-electron chi connectivity index (χ1n) is 10.8. The molecule has 1 saturated heterocycles. The van der Waals surface area contributed by atoms with Gasteiger partial charge in [-0.2, -0.15) is 0 Å². The Balaban J connectivity index is 1.47. The fourth-order valence-electron chi connectivity index (χ4n) is 4.64. The fourth-order valence-corrected chi connectivity index (χ4v) is 4.64. The number of anilines is 1. The second-order valence-electron chi connectivity index (χ2n) is 8.06. The van der Waals surface area contributed by atoms with Crippen molar-refractivity contribution in [2.45, 2.75) is 13.0 Å². The first-order chi connectivity index (χ1) is 15.2. The van der Waals surface area contributed by atoms with Crippen molar-refractivity contribution in [3.05, 3.63) is 95.8 Å². The molecule has 5 heteroatoms. The van der Waals surface area contributed by atoms with E-state index in [1.54, 1.807) is 0 Å². The summed E-state index contributed by atoms with van der Waals surface area (Å²) in [5.41, 5.74) is 3.79. The summed E-state index contributed by atoms with van der Waals surface area (Å²) in [6.45, 7) is 5.31. The monoisotopic (exact) mass is 410 g/mol. The van der Waals surface area contributed by atoms with Gasteiger partial charge in [0.25, 0.3) is 0 Å². The molecule has 5 rings (SSSR count). The van der Waals surface area contributed by atoms with Crippen LogP contribution in [0.25, 0.3) is 10.9 Å². The van der Waals surface area contributed by atoms with Crippen molar-refractivity contribution in [3.8, 4) is 0 Å².